The molecule has 0 bridgehead atoms. The van der Waals surface area contributed by atoms with E-state index in [1.54, 1.807) is 0 Å². The van der Waals surface area contributed by atoms with Crippen LogP contribution in [0.1, 0.15) is 0 Å². The van der Waals surface area contributed by atoms with Gasteiger partial charge in [-0.1, -0.05) is 13.2 Å². The molecule has 1 aliphatic heterocycles. The van der Waals surface area contributed by atoms with Gasteiger partial charge in [-0.25, -0.2) is 0 Å². The summed E-state index contributed by atoms with van der Waals surface area (Å²) in [5, 5.41) is 34.1. The molecule has 0 radical (unpaired) electrons. The predicted octanol–water partition coefficient (Wildman–Crippen LogP) is -2.60. The topological polar surface area (TPSA) is 128 Å². The van der Waals surface area contributed by atoms with Gasteiger partial charge < -0.3 is 30.7 Å². The van der Waals surface area contributed by atoms with Crippen LogP contribution in [0.25, 0.3) is 0 Å². The van der Waals surface area contributed by atoms with E-state index in [0.717, 1.165) is 12.2 Å². The zero-order valence-corrected chi connectivity index (χ0v) is 10.7. The number of ether oxygens (including phenoxy) is 1. The summed E-state index contributed by atoms with van der Waals surface area (Å²) in [4.78, 5) is 22.2. The van der Waals surface area contributed by atoms with E-state index in [1.807, 2.05) is 0 Å². The Morgan fingerprint density at radius 2 is 1.70 bits per heavy atom. The Balaban J connectivity index is 2.65. The molecule has 1 heterocycles. The van der Waals surface area contributed by atoms with Crippen LogP contribution in [0.2, 0.25) is 0 Å². The molecule has 112 valence electrons. The van der Waals surface area contributed by atoms with E-state index in [0.29, 0.717) is 0 Å². The van der Waals surface area contributed by atoms with Gasteiger partial charge in [-0.2, -0.15) is 0 Å². The van der Waals surface area contributed by atoms with E-state index < -0.39 is 42.5 Å². The van der Waals surface area contributed by atoms with Gasteiger partial charge in [-0.3, -0.25) is 9.59 Å². The first-order chi connectivity index (χ1) is 9.40. The molecule has 0 aromatic carbocycles. The molecule has 20 heavy (non-hydrogen) atoms. The van der Waals surface area contributed by atoms with Crippen LogP contribution in [0.4, 0.5) is 0 Å². The maximum absolute atomic E-state index is 11.2. The van der Waals surface area contributed by atoms with Gasteiger partial charge in [0.1, 0.15) is 24.4 Å². The SMILES string of the molecule is C=CC(=O)NCC1OC(O)C(NC(=O)C=C)C(O)C1O. The fraction of sp³-hybridized carbons (Fsp3) is 0.500. The molecule has 0 aliphatic carbocycles. The molecule has 2 amide bonds. The Bertz CT molecular complexity index is 397. The molecule has 1 rings (SSSR count). The first kappa shape index (κ1) is 16.3. The third-order valence-electron chi connectivity index (χ3n) is 2.88. The predicted molar refractivity (Wildman–Crippen MR) is 68.2 cm³/mol. The average Bonchev–Trinajstić information content (AvgIpc) is 2.45. The van der Waals surface area contributed by atoms with E-state index in [-0.39, 0.29) is 6.54 Å². The lowest BCUT2D eigenvalue weighted by atomic mass is 9.96. The van der Waals surface area contributed by atoms with Crippen molar-refractivity contribution in [2.75, 3.05) is 6.54 Å². The zero-order valence-electron chi connectivity index (χ0n) is 10.7. The molecule has 5 unspecified atom stereocenters. The van der Waals surface area contributed by atoms with E-state index >= 15 is 0 Å². The van der Waals surface area contributed by atoms with Crippen LogP contribution >= 0.6 is 0 Å². The van der Waals surface area contributed by atoms with Gasteiger partial charge in [0.25, 0.3) is 0 Å². The maximum atomic E-state index is 11.2. The molecule has 1 saturated heterocycles. The molecule has 1 fully saturated rings. The van der Waals surface area contributed by atoms with Gasteiger partial charge in [0.2, 0.25) is 11.8 Å². The minimum Gasteiger partial charge on any atom is -0.388 e. The van der Waals surface area contributed by atoms with Crippen molar-refractivity contribution in [1.29, 1.82) is 0 Å². The van der Waals surface area contributed by atoms with Gasteiger partial charge in [-0.05, 0) is 12.2 Å². The van der Waals surface area contributed by atoms with Gasteiger partial charge in [0.15, 0.2) is 6.29 Å². The van der Waals surface area contributed by atoms with Crippen LogP contribution < -0.4 is 10.6 Å². The quantitative estimate of drug-likeness (QED) is 0.353. The van der Waals surface area contributed by atoms with E-state index in [4.69, 9.17) is 4.74 Å². The highest BCUT2D eigenvalue weighted by Gasteiger charge is 2.44. The third-order valence-corrected chi connectivity index (χ3v) is 2.88. The summed E-state index contributed by atoms with van der Waals surface area (Å²) in [7, 11) is 0. The Hall–Kier alpha value is -1.74. The number of aliphatic hydroxyl groups is 3. The summed E-state index contributed by atoms with van der Waals surface area (Å²) < 4.78 is 5.07. The Morgan fingerprint density at radius 3 is 2.25 bits per heavy atom. The lowest BCUT2D eigenvalue weighted by Gasteiger charge is -2.40. The minimum atomic E-state index is -1.53. The van der Waals surface area contributed by atoms with Gasteiger partial charge in [-0.15, -0.1) is 0 Å². The van der Waals surface area contributed by atoms with Crippen LogP contribution in [-0.4, -0.2) is 64.3 Å². The van der Waals surface area contributed by atoms with E-state index in [1.165, 1.54) is 0 Å². The number of aliphatic hydroxyl groups excluding tert-OH is 3. The molecule has 5 atom stereocenters. The van der Waals surface area contributed by atoms with Crippen molar-refractivity contribution in [2.45, 2.75) is 30.6 Å². The summed E-state index contributed by atoms with van der Waals surface area (Å²) in [5.74, 6) is -1.10. The molecular formula is C12H18N2O6. The second kappa shape index (κ2) is 7.15. The van der Waals surface area contributed by atoms with E-state index in [2.05, 4.69) is 23.8 Å². The van der Waals surface area contributed by atoms with Crippen molar-refractivity contribution in [3.8, 4) is 0 Å². The standard InChI is InChI=1S/C12H18N2O6/c1-3-7(15)13-5-6-10(17)11(18)9(12(19)20-6)14-8(16)4-2/h3-4,6,9-12,17-19H,1-2,5H2,(H,13,15)(H,14,16). The smallest absolute Gasteiger partial charge is 0.243 e. The number of rotatable bonds is 5. The third kappa shape index (κ3) is 3.87. The minimum absolute atomic E-state index is 0.123. The van der Waals surface area contributed by atoms with Crippen LogP contribution in [0.3, 0.4) is 0 Å². The van der Waals surface area contributed by atoms with Crippen LogP contribution in [0, 0.1) is 0 Å². The lowest BCUT2D eigenvalue weighted by molar-refractivity contribution is -0.245. The van der Waals surface area contributed by atoms with Gasteiger partial charge in [0, 0.05) is 6.54 Å². The summed E-state index contributed by atoms with van der Waals surface area (Å²) in [5.41, 5.74) is 0. The summed E-state index contributed by atoms with van der Waals surface area (Å²) >= 11 is 0. The largest absolute Gasteiger partial charge is 0.388 e. The number of carbonyl (C=O) groups is 2. The number of nitrogens with one attached hydrogen (secondary N) is 2. The van der Waals surface area contributed by atoms with Crippen molar-refractivity contribution < 1.29 is 29.6 Å². The number of amides is 2. The van der Waals surface area contributed by atoms with Crippen LogP contribution in [-0.2, 0) is 14.3 Å². The van der Waals surface area contributed by atoms with Crippen LogP contribution in [0.5, 0.6) is 0 Å². The summed E-state index contributed by atoms with van der Waals surface area (Å²) in [6, 6.07) is -1.19. The van der Waals surface area contributed by atoms with Gasteiger partial charge >= 0.3 is 0 Å². The average molecular weight is 286 g/mol. The monoisotopic (exact) mass is 286 g/mol. The Kier molecular flexibility index (Phi) is 5.83. The maximum Gasteiger partial charge on any atom is 0.243 e. The Morgan fingerprint density at radius 1 is 1.10 bits per heavy atom. The van der Waals surface area contributed by atoms with Crippen molar-refractivity contribution in [2.24, 2.45) is 0 Å². The summed E-state index contributed by atoms with van der Waals surface area (Å²) in [6.07, 6.45) is -3.38. The highest BCUT2D eigenvalue weighted by Crippen LogP contribution is 2.19. The normalized spacial score (nSPS) is 33.0. The van der Waals surface area contributed by atoms with E-state index in [9.17, 15) is 24.9 Å². The second-order valence-corrected chi connectivity index (χ2v) is 4.23. The number of hydrogen-bond acceptors (Lipinski definition) is 6. The van der Waals surface area contributed by atoms with Crippen molar-refractivity contribution in [3.05, 3.63) is 25.3 Å². The molecule has 8 heteroatoms. The highest BCUT2D eigenvalue weighted by atomic mass is 16.6. The first-order valence-corrected chi connectivity index (χ1v) is 5.93. The molecule has 0 aromatic heterocycles. The van der Waals surface area contributed by atoms with Crippen molar-refractivity contribution in [3.63, 3.8) is 0 Å². The molecular weight excluding hydrogens is 268 g/mol. The van der Waals surface area contributed by atoms with Crippen LogP contribution in [0.15, 0.2) is 25.3 Å². The highest BCUT2D eigenvalue weighted by molar-refractivity contribution is 5.87. The number of carbonyl (C=O) groups excluding carboxylic acids is 2. The fourth-order valence-corrected chi connectivity index (χ4v) is 1.77. The number of hydrogen-bond donors (Lipinski definition) is 5. The molecule has 0 spiro atoms. The Labute approximate surface area is 115 Å². The molecule has 0 aromatic rings. The van der Waals surface area contributed by atoms with Crippen molar-refractivity contribution in [1.82, 2.24) is 10.6 Å². The molecule has 0 saturated carbocycles. The first-order valence-electron chi connectivity index (χ1n) is 5.93. The molecule has 5 N–H and O–H groups in total. The fourth-order valence-electron chi connectivity index (χ4n) is 1.77. The second-order valence-electron chi connectivity index (χ2n) is 4.23. The van der Waals surface area contributed by atoms with Crippen molar-refractivity contribution >= 4 is 11.8 Å². The summed E-state index contributed by atoms with van der Waals surface area (Å²) in [6.45, 7) is 6.37. The molecule has 8 nitrogen and oxygen atoms in total. The lowest BCUT2D eigenvalue weighted by Crippen LogP contribution is -2.64. The van der Waals surface area contributed by atoms with Gasteiger partial charge in [0.05, 0.1) is 0 Å². The zero-order chi connectivity index (χ0) is 15.3. The molecule has 1 aliphatic rings.